The summed E-state index contributed by atoms with van der Waals surface area (Å²) in [4.78, 5) is 10.2. The van der Waals surface area contributed by atoms with Gasteiger partial charge >= 0.3 is 23.2 Å². The molecule has 0 aromatic heterocycles. The van der Waals surface area contributed by atoms with E-state index in [1.54, 1.807) is 0 Å². The number of nitrogens with zero attached hydrogens (tertiary/aromatic N) is 5. The second kappa shape index (κ2) is 13.1. The van der Waals surface area contributed by atoms with Crippen LogP contribution >= 0.6 is 0 Å². The molecule has 0 atom stereocenters. The van der Waals surface area contributed by atoms with Gasteiger partial charge in [-0.05, 0) is 36.3 Å². The Morgan fingerprint density at radius 2 is 1.60 bits per heavy atom. The van der Waals surface area contributed by atoms with Crippen molar-refractivity contribution < 1.29 is 35.2 Å². The number of hydrogen-bond acceptors (Lipinski definition) is 8. The van der Waals surface area contributed by atoms with Gasteiger partial charge in [0.1, 0.15) is 12.3 Å². The predicted molar refractivity (Wildman–Crippen MR) is 110 cm³/mol. The van der Waals surface area contributed by atoms with Gasteiger partial charge in [0.2, 0.25) is 0 Å². The quantitative estimate of drug-likeness (QED) is 0.145. The summed E-state index contributed by atoms with van der Waals surface area (Å²) in [6.07, 6.45) is -4.47. The molecule has 0 aliphatic carbocycles. The Morgan fingerprint density at radius 1 is 1.07 bits per heavy atom. The second-order valence-corrected chi connectivity index (χ2v) is 6.02. The minimum atomic E-state index is -4.47. The summed E-state index contributed by atoms with van der Waals surface area (Å²) >= 11 is 9.64. The van der Waals surface area contributed by atoms with Crippen LogP contribution in [0.3, 0.4) is 0 Å². The van der Waals surface area contributed by atoms with Crippen molar-refractivity contribution in [2.75, 3.05) is 13.1 Å². The smallest absolute Gasteiger partial charge is 0.741 e. The fourth-order valence-corrected chi connectivity index (χ4v) is 2.04. The van der Waals surface area contributed by atoms with Gasteiger partial charge in [-0.2, -0.15) is 28.5 Å². The van der Waals surface area contributed by atoms with Crippen molar-refractivity contribution in [1.82, 2.24) is 10.6 Å². The minimum Gasteiger partial charge on any atom is -0.741 e. The SMILES string of the molecule is CCNC([S-])=NN=C(C)C(=NN=C([S-])NCC(F)(F)F)c1ccc([N+](=O)[O-])cc1.[Cu+2]. The zero-order chi connectivity index (χ0) is 22.0. The molecular formula is C15H16CuF3N7O2S2. The van der Waals surface area contributed by atoms with Crippen LogP contribution in [0.2, 0.25) is 0 Å². The van der Waals surface area contributed by atoms with Gasteiger partial charge in [0.15, 0.2) is 0 Å². The van der Waals surface area contributed by atoms with Gasteiger partial charge in [-0.15, -0.1) is 5.10 Å². The number of amidine groups is 2. The van der Waals surface area contributed by atoms with E-state index in [9.17, 15) is 23.3 Å². The monoisotopic (exact) mass is 510 g/mol. The van der Waals surface area contributed by atoms with E-state index in [0.29, 0.717) is 12.1 Å². The number of benzene rings is 1. The van der Waals surface area contributed by atoms with Crippen LogP contribution in [-0.2, 0) is 42.3 Å². The molecule has 1 rings (SSSR count). The summed E-state index contributed by atoms with van der Waals surface area (Å²) in [5, 5.41) is 30.2. The molecule has 9 nitrogen and oxygen atoms in total. The van der Waals surface area contributed by atoms with Gasteiger partial charge in [-0.1, -0.05) is 0 Å². The maximum absolute atomic E-state index is 12.2. The molecule has 0 saturated heterocycles. The van der Waals surface area contributed by atoms with Crippen molar-refractivity contribution in [1.29, 1.82) is 0 Å². The molecule has 0 unspecified atom stereocenters. The molecule has 0 saturated carbocycles. The van der Waals surface area contributed by atoms with Crippen LogP contribution in [0.1, 0.15) is 19.4 Å². The molecule has 30 heavy (non-hydrogen) atoms. The summed E-state index contributed by atoms with van der Waals surface area (Å²) in [6.45, 7) is 2.50. The zero-order valence-corrected chi connectivity index (χ0v) is 18.1. The molecule has 0 aliphatic heterocycles. The second-order valence-electron chi connectivity index (χ2n) is 5.25. The number of nitro groups is 1. The number of nitrogens with one attached hydrogen (secondary N) is 2. The Balaban J connectivity index is 0.00000841. The maximum atomic E-state index is 12.2. The molecule has 0 fully saturated rings. The van der Waals surface area contributed by atoms with E-state index in [4.69, 9.17) is 25.3 Å². The van der Waals surface area contributed by atoms with Crippen LogP contribution in [0.4, 0.5) is 18.9 Å². The summed E-state index contributed by atoms with van der Waals surface area (Å²) in [7, 11) is 0. The van der Waals surface area contributed by atoms with E-state index in [1.807, 2.05) is 12.2 Å². The van der Waals surface area contributed by atoms with Crippen molar-refractivity contribution in [3.63, 3.8) is 0 Å². The molecule has 1 aromatic carbocycles. The zero-order valence-electron chi connectivity index (χ0n) is 15.5. The molecule has 0 amide bonds. The molecule has 0 heterocycles. The predicted octanol–water partition coefficient (Wildman–Crippen LogP) is 2.24. The van der Waals surface area contributed by atoms with Gasteiger partial charge in [0, 0.05) is 24.2 Å². The molecule has 1 aromatic rings. The first-order valence-electron chi connectivity index (χ1n) is 7.95. The molecular weight excluding hydrogens is 495 g/mol. The fraction of sp³-hybridized carbons (Fsp3) is 0.333. The van der Waals surface area contributed by atoms with E-state index in [-0.39, 0.29) is 39.3 Å². The molecule has 2 N–H and O–H groups in total. The van der Waals surface area contributed by atoms with Gasteiger partial charge in [-0.3, -0.25) is 10.1 Å². The first kappa shape index (κ1) is 27.6. The number of alkyl halides is 3. The molecule has 15 heteroatoms. The van der Waals surface area contributed by atoms with E-state index in [1.165, 1.54) is 31.2 Å². The van der Waals surface area contributed by atoms with Crippen LogP contribution in [0.5, 0.6) is 0 Å². The normalized spacial score (nSPS) is 13.5. The van der Waals surface area contributed by atoms with E-state index >= 15 is 0 Å². The summed E-state index contributed by atoms with van der Waals surface area (Å²) in [5.74, 6) is 0. The first-order valence-corrected chi connectivity index (χ1v) is 8.76. The number of non-ortho nitro benzene ring substituents is 1. The molecule has 167 valence electrons. The number of nitro benzene ring substituents is 1. The Bertz CT molecular complexity index is 844. The van der Waals surface area contributed by atoms with Crippen LogP contribution in [0, 0.1) is 10.1 Å². The average molecular weight is 511 g/mol. The molecule has 0 bridgehead atoms. The largest absolute Gasteiger partial charge is 2.00 e. The standard InChI is InChI=1S/C15H18F3N7O2S2.Cu/c1-3-19-13(28)23-21-9(2)12(10-4-6-11(7-5-10)25(26)27)22-24-14(29)20-8-15(16,17)18;/h4-7H,3,8H2,1-2H3,(H2,19,23,28)(H2,20,24,29);/q;+2/p-2. The van der Waals surface area contributed by atoms with Crippen molar-refractivity contribution in [3.05, 3.63) is 39.9 Å². The Kier molecular flexibility index (Phi) is 12.0. The maximum Gasteiger partial charge on any atom is 2.00 e. The number of halogens is 3. The van der Waals surface area contributed by atoms with Crippen LogP contribution in [-0.4, -0.2) is 45.9 Å². The van der Waals surface area contributed by atoms with E-state index in [2.05, 4.69) is 25.7 Å². The summed E-state index contributed by atoms with van der Waals surface area (Å²) in [6, 6.07) is 5.25. The molecule has 1 radical (unpaired) electrons. The minimum absolute atomic E-state index is 0. The average Bonchev–Trinajstić information content (AvgIpc) is 2.65. The summed E-state index contributed by atoms with van der Waals surface area (Å²) < 4.78 is 36.7. The van der Waals surface area contributed by atoms with Crippen molar-refractivity contribution in [3.8, 4) is 0 Å². The van der Waals surface area contributed by atoms with Crippen LogP contribution in [0.15, 0.2) is 44.7 Å². The van der Waals surface area contributed by atoms with E-state index < -0.39 is 22.8 Å². The third-order valence-corrected chi connectivity index (χ3v) is 3.45. The first-order chi connectivity index (χ1) is 13.5. The third kappa shape index (κ3) is 10.4. The topological polar surface area (TPSA) is 117 Å². The Morgan fingerprint density at radius 3 is 2.10 bits per heavy atom. The molecule has 0 aliphatic rings. The number of hydrogen-bond donors (Lipinski definition) is 2. The van der Waals surface area contributed by atoms with Gasteiger partial charge in [-0.25, -0.2) is 0 Å². The van der Waals surface area contributed by atoms with Gasteiger partial charge in [0.05, 0.1) is 10.6 Å². The number of rotatable bonds is 7. The van der Waals surface area contributed by atoms with Crippen molar-refractivity contribution >= 4 is 52.7 Å². The van der Waals surface area contributed by atoms with Crippen LogP contribution in [0.25, 0.3) is 0 Å². The molecule has 0 spiro atoms. The van der Waals surface area contributed by atoms with Gasteiger partial charge in [0.25, 0.3) is 5.69 Å². The Hall–Kier alpha value is -2.35. The van der Waals surface area contributed by atoms with Crippen molar-refractivity contribution in [2.24, 2.45) is 20.4 Å². The third-order valence-electron chi connectivity index (χ3n) is 2.99. The van der Waals surface area contributed by atoms with Crippen LogP contribution < -0.4 is 10.6 Å². The fourth-order valence-electron chi connectivity index (χ4n) is 1.74. The van der Waals surface area contributed by atoms with E-state index in [0.717, 1.165) is 0 Å². The summed E-state index contributed by atoms with van der Waals surface area (Å²) in [5.41, 5.74) is 0.518. The van der Waals surface area contributed by atoms with Crippen molar-refractivity contribution in [2.45, 2.75) is 20.0 Å². The van der Waals surface area contributed by atoms with Gasteiger partial charge < -0.3 is 35.9 Å². The Labute approximate surface area is 191 Å².